The minimum absolute atomic E-state index is 0.0104. The van der Waals surface area contributed by atoms with Gasteiger partial charge in [0, 0.05) is 17.1 Å². The molecular weight excluding hydrogens is 292 g/mol. The monoisotopic (exact) mass is 310 g/mol. The van der Waals surface area contributed by atoms with Crippen LogP contribution in [-0.2, 0) is 0 Å². The maximum atomic E-state index is 13.0. The summed E-state index contributed by atoms with van der Waals surface area (Å²) in [7, 11) is 0. The van der Waals surface area contributed by atoms with Crippen LogP contribution < -0.4 is 0 Å². The minimum Gasteiger partial charge on any atom is -0.289 e. The number of fused-ring (bicyclic) bond motifs is 1. The predicted octanol–water partition coefficient (Wildman–Crippen LogP) is 5.41. The van der Waals surface area contributed by atoms with E-state index in [2.05, 4.69) is 49.4 Å². The number of carbonyl (C=O) groups excluding carboxylic acids is 1. The van der Waals surface area contributed by atoms with E-state index in [0.29, 0.717) is 0 Å². The first-order valence-electron chi connectivity index (χ1n) is 8.21. The molecule has 0 N–H and O–H groups in total. The van der Waals surface area contributed by atoms with Crippen molar-refractivity contribution in [1.82, 2.24) is 0 Å². The van der Waals surface area contributed by atoms with Crippen LogP contribution in [0, 0.1) is 6.92 Å². The van der Waals surface area contributed by atoms with Crippen molar-refractivity contribution in [3.05, 3.63) is 112 Å². The van der Waals surface area contributed by atoms with Crippen LogP contribution in [0.4, 0.5) is 0 Å². The second-order valence-electron chi connectivity index (χ2n) is 6.27. The third-order valence-electron chi connectivity index (χ3n) is 4.62. The number of allylic oxidation sites excluding steroid dienone is 1. The first-order valence-corrected chi connectivity index (χ1v) is 8.21. The molecule has 0 amide bonds. The van der Waals surface area contributed by atoms with Crippen molar-refractivity contribution in [2.24, 2.45) is 0 Å². The summed E-state index contributed by atoms with van der Waals surface area (Å²) < 4.78 is 0. The maximum Gasteiger partial charge on any atom is 0.190 e. The lowest BCUT2D eigenvalue weighted by atomic mass is 9.89. The van der Waals surface area contributed by atoms with Gasteiger partial charge in [0.15, 0.2) is 5.78 Å². The minimum atomic E-state index is 0.0104. The van der Waals surface area contributed by atoms with Crippen LogP contribution in [0.2, 0.25) is 0 Å². The SMILES string of the molecule is Cc1ccc(C=C2C(=O)c3ccccc3C2c2ccccc2)cc1. The highest BCUT2D eigenvalue weighted by molar-refractivity contribution is 6.17. The Morgan fingerprint density at radius 1 is 0.792 bits per heavy atom. The van der Waals surface area contributed by atoms with Crippen molar-refractivity contribution in [2.75, 3.05) is 0 Å². The van der Waals surface area contributed by atoms with E-state index < -0.39 is 0 Å². The summed E-state index contributed by atoms with van der Waals surface area (Å²) in [5.74, 6) is 0.149. The van der Waals surface area contributed by atoms with Crippen LogP contribution in [0.15, 0.2) is 84.4 Å². The summed E-state index contributed by atoms with van der Waals surface area (Å²) in [6.07, 6.45) is 2.04. The number of aryl methyl sites for hydroxylation is 1. The first kappa shape index (κ1) is 14.6. The quantitative estimate of drug-likeness (QED) is 0.579. The van der Waals surface area contributed by atoms with Gasteiger partial charge in [0.25, 0.3) is 0 Å². The predicted molar refractivity (Wildman–Crippen MR) is 98.2 cm³/mol. The summed E-state index contributed by atoms with van der Waals surface area (Å²) in [4.78, 5) is 13.0. The molecule has 0 aliphatic heterocycles. The summed E-state index contributed by atoms with van der Waals surface area (Å²) in [6, 6.07) is 26.5. The fraction of sp³-hybridized carbons (Fsp3) is 0.0870. The van der Waals surface area contributed by atoms with Crippen molar-refractivity contribution in [2.45, 2.75) is 12.8 Å². The molecule has 1 nitrogen and oxygen atoms in total. The van der Waals surface area contributed by atoms with Crippen LogP contribution in [-0.4, -0.2) is 5.78 Å². The lowest BCUT2D eigenvalue weighted by Gasteiger charge is -2.13. The van der Waals surface area contributed by atoms with Crippen molar-refractivity contribution >= 4 is 11.9 Å². The Morgan fingerprint density at radius 3 is 2.21 bits per heavy atom. The van der Waals surface area contributed by atoms with Gasteiger partial charge in [-0.05, 0) is 29.7 Å². The van der Waals surface area contributed by atoms with E-state index in [-0.39, 0.29) is 11.7 Å². The second kappa shape index (κ2) is 5.93. The number of hydrogen-bond acceptors (Lipinski definition) is 1. The Balaban J connectivity index is 1.88. The Bertz CT molecular complexity index is 918. The molecule has 24 heavy (non-hydrogen) atoms. The molecule has 1 aliphatic rings. The second-order valence-corrected chi connectivity index (χ2v) is 6.27. The Kier molecular flexibility index (Phi) is 3.62. The fourth-order valence-electron chi connectivity index (χ4n) is 3.41. The molecule has 0 aromatic heterocycles. The normalized spacial score (nSPS) is 18.0. The molecule has 1 unspecified atom stereocenters. The van der Waals surface area contributed by atoms with Crippen LogP contribution in [0.1, 0.15) is 38.5 Å². The molecule has 0 fully saturated rings. The van der Waals surface area contributed by atoms with Crippen LogP contribution in [0.5, 0.6) is 0 Å². The van der Waals surface area contributed by atoms with Gasteiger partial charge in [0.1, 0.15) is 0 Å². The highest BCUT2D eigenvalue weighted by Gasteiger charge is 2.34. The molecule has 0 saturated heterocycles. The first-order chi connectivity index (χ1) is 11.7. The molecule has 116 valence electrons. The molecule has 4 rings (SSSR count). The summed E-state index contributed by atoms with van der Waals surface area (Å²) in [5.41, 5.74) is 6.23. The van der Waals surface area contributed by atoms with E-state index in [1.54, 1.807) is 0 Å². The Hall–Kier alpha value is -2.93. The molecule has 0 heterocycles. The van der Waals surface area contributed by atoms with Gasteiger partial charge in [-0.25, -0.2) is 0 Å². The van der Waals surface area contributed by atoms with Gasteiger partial charge >= 0.3 is 0 Å². The Labute approximate surface area is 142 Å². The average molecular weight is 310 g/mol. The van der Waals surface area contributed by atoms with Crippen molar-refractivity contribution in [3.8, 4) is 0 Å². The van der Waals surface area contributed by atoms with Crippen molar-refractivity contribution in [1.29, 1.82) is 0 Å². The lowest BCUT2D eigenvalue weighted by molar-refractivity contribution is 0.103. The highest BCUT2D eigenvalue weighted by Crippen LogP contribution is 2.42. The number of rotatable bonds is 2. The van der Waals surface area contributed by atoms with E-state index in [1.807, 2.05) is 42.5 Å². The van der Waals surface area contributed by atoms with E-state index in [1.165, 1.54) is 5.56 Å². The molecule has 0 radical (unpaired) electrons. The lowest BCUT2D eigenvalue weighted by Crippen LogP contribution is -2.02. The number of Topliss-reactive ketones (excluding diaryl/α,β-unsaturated/α-hetero) is 1. The van der Waals surface area contributed by atoms with Crippen LogP contribution >= 0.6 is 0 Å². The molecule has 0 spiro atoms. The third-order valence-corrected chi connectivity index (χ3v) is 4.62. The standard InChI is InChI=1S/C23H18O/c1-16-11-13-17(14-12-16)15-21-22(18-7-3-2-4-8-18)19-9-5-6-10-20(19)23(21)24/h2-15,22H,1H3. The topological polar surface area (TPSA) is 17.1 Å². The molecule has 3 aromatic carbocycles. The van der Waals surface area contributed by atoms with Gasteiger partial charge in [-0.3, -0.25) is 4.79 Å². The summed E-state index contributed by atoms with van der Waals surface area (Å²) in [5, 5.41) is 0. The van der Waals surface area contributed by atoms with Crippen LogP contribution in [0.25, 0.3) is 6.08 Å². The molecule has 0 bridgehead atoms. The van der Waals surface area contributed by atoms with E-state index in [9.17, 15) is 4.79 Å². The van der Waals surface area contributed by atoms with E-state index in [4.69, 9.17) is 0 Å². The largest absolute Gasteiger partial charge is 0.289 e. The molecule has 0 saturated carbocycles. The van der Waals surface area contributed by atoms with Gasteiger partial charge in [0.05, 0.1) is 0 Å². The summed E-state index contributed by atoms with van der Waals surface area (Å²) in [6.45, 7) is 2.07. The summed E-state index contributed by atoms with van der Waals surface area (Å²) >= 11 is 0. The zero-order valence-electron chi connectivity index (χ0n) is 13.6. The maximum absolute atomic E-state index is 13.0. The highest BCUT2D eigenvalue weighted by atomic mass is 16.1. The smallest absolute Gasteiger partial charge is 0.190 e. The van der Waals surface area contributed by atoms with Gasteiger partial charge in [-0.15, -0.1) is 0 Å². The number of benzene rings is 3. The molecule has 1 atom stereocenters. The van der Waals surface area contributed by atoms with E-state index in [0.717, 1.165) is 27.8 Å². The molecule has 1 aliphatic carbocycles. The Morgan fingerprint density at radius 2 is 1.46 bits per heavy atom. The third kappa shape index (κ3) is 2.48. The average Bonchev–Trinajstić information content (AvgIpc) is 2.90. The van der Waals surface area contributed by atoms with Gasteiger partial charge in [-0.2, -0.15) is 0 Å². The van der Waals surface area contributed by atoms with Crippen LogP contribution in [0.3, 0.4) is 0 Å². The number of ketones is 1. The zero-order chi connectivity index (χ0) is 16.5. The zero-order valence-corrected chi connectivity index (χ0v) is 13.6. The van der Waals surface area contributed by atoms with Crippen molar-refractivity contribution < 1.29 is 4.79 Å². The molecular formula is C23H18O. The molecule has 1 heteroatoms. The van der Waals surface area contributed by atoms with Gasteiger partial charge < -0.3 is 0 Å². The number of carbonyl (C=O) groups is 1. The van der Waals surface area contributed by atoms with Gasteiger partial charge in [0.2, 0.25) is 0 Å². The fourth-order valence-corrected chi connectivity index (χ4v) is 3.41. The number of hydrogen-bond donors (Lipinski definition) is 0. The van der Waals surface area contributed by atoms with Gasteiger partial charge in [-0.1, -0.05) is 84.4 Å². The van der Waals surface area contributed by atoms with Crippen molar-refractivity contribution in [3.63, 3.8) is 0 Å². The molecule has 3 aromatic rings. The van der Waals surface area contributed by atoms with E-state index >= 15 is 0 Å².